The lowest BCUT2D eigenvalue weighted by atomic mass is 10.0. The van der Waals surface area contributed by atoms with Gasteiger partial charge in [-0.05, 0) is 36.1 Å². The third-order valence-corrected chi connectivity index (χ3v) is 5.48. The van der Waals surface area contributed by atoms with Crippen LogP contribution in [0, 0.1) is 5.82 Å². The molecule has 1 aromatic heterocycles. The molecule has 0 spiro atoms. The van der Waals surface area contributed by atoms with Gasteiger partial charge in [0.05, 0.1) is 16.3 Å². The second-order valence-electron chi connectivity index (χ2n) is 6.17. The summed E-state index contributed by atoms with van der Waals surface area (Å²) >= 11 is 1.57. The van der Waals surface area contributed by atoms with E-state index in [1.165, 1.54) is 11.6 Å². The predicted octanol–water partition coefficient (Wildman–Crippen LogP) is 5.18. The minimum atomic E-state index is -0.174. The molecule has 1 fully saturated rings. The van der Waals surface area contributed by atoms with Gasteiger partial charge in [0, 0.05) is 24.5 Å². The minimum absolute atomic E-state index is 0.0952. The van der Waals surface area contributed by atoms with Crippen molar-refractivity contribution < 1.29 is 9.13 Å². The number of methoxy groups -OCH3 is 1. The van der Waals surface area contributed by atoms with E-state index in [4.69, 9.17) is 9.72 Å². The lowest BCUT2D eigenvalue weighted by Gasteiger charge is -2.14. The van der Waals surface area contributed by atoms with Gasteiger partial charge in [0.1, 0.15) is 5.82 Å². The molecule has 0 N–H and O–H groups in total. The van der Waals surface area contributed by atoms with Gasteiger partial charge < -0.3 is 4.74 Å². The van der Waals surface area contributed by atoms with E-state index in [2.05, 4.69) is 24.3 Å². The Morgan fingerprint density at radius 1 is 1.17 bits per heavy atom. The van der Waals surface area contributed by atoms with Gasteiger partial charge in [-0.2, -0.15) is 0 Å². The van der Waals surface area contributed by atoms with Crippen LogP contribution < -0.4 is 0 Å². The summed E-state index contributed by atoms with van der Waals surface area (Å²) in [4.78, 5) is 4.70. The van der Waals surface area contributed by atoms with E-state index in [1.807, 2.05) is 17.5 Å². The SMILES string of the molecule is COC1(c2cccc(-c3csc(Cc4ccccc4F)n3)c2)CC1. The summed E-state index contributed by atoms with van der Waals surface area (Å²) < 4.78 is 19.5. The van der Waals surface area contributed by atoms with E-state index >= 15 is 0 Å². The predicted molar refractivity (Wildman–Crippen MR) is 94.7 cm³/mol. The smallest absolute Gasteiger partial charge is 0.126 e. The monoisotopic (exact) mass is 339 g/mol. The molecule has 0 radical (unpaired) electrons. The van der Waals surface area contributed by atoms with Crippen molar-refractivity contribution in [1.29, 1.82) is 0 Å². The van der Waals surface area contributed by atoms with E-state index in [0.717, 1.165) is 29.1 Å². The Bertz CT molecular complexity index is 869. The van der Waals surface area contributed by atoms with Crippen LogP contribution >= 0.6 is 11.3 Å². The average Bonchev–Trinajstić information content (AvgIpc) is 3.29. The summed E-state index contributed by atoms with van der Waals surface area (Å²) in [5.41, 5.74) is 3.84. The minimum Gasteiger partial charge on any atom is -0.374 e. The molecule has 0 saturated heterocycles. The third kappa shape index (κ3) is 2.87. The second kappa shape index (κ2) is 6.11. The van der Waals surface area contributed by atoms with Crippen molar-refractivity contribution in [2.24, 2.45) is 0 Å². The Balaban J connectivity index is 1.59. The number of ether oxygens (including phenoxy) is 1. The molecule has 1 aliphatic carbocycles. The number of hydrogen-bond donors (Lipinski definition) is 0. The van der Waals surface area contributed by atoms with Crippen LogP contribution in [0.5, 0.6) is 0 Å². The van der Waals surface area contributed by atoms with Gasteiger partial charge >= 0.3 is 0 Å². The van der Waals surface area contributed by atoms with Crippen molar-refractivity contribution in [3.8, 4) is 11.3 Å². The highest BCUT2D eigenvalue weighted by Crippen LogP contribution is 2.49. The molecule has 1 heterocycles. The van der Waals surface area contributed by atoms with E-state index in [-0.39, 0.29) is 11.4 Å². The molecular formula is C20H18FNOS. The molecule has 0 amide bonds. The fraction of sp³-hybridized carbons (Fsp3) is 0.250. The first-order chi connectivity index (χ1) is 11.7. The fourth-order valence-electron chi connectivity index (χ4n) is 3.02. The first-order valence-corrected chi connectivity index (χ1v) is 8.92. The van der Waals surface area contributed by atoms with Crippen molar-refractivity contribution in [3.05, 3.63) is 75.9 Å². The van der Waals surface area contributed by atoms with Crippen LogP contribution in [0.25, 0.3) is 11.3 Å². The number of nitrogens with zero attached hydrogens (tertiary/aromatic N) is 1. The molecule has 0 unspecified atom stereocenters. The Labute approximate surface area is 145 Å². The van der Waals surface area contributed by atoms with E-state index in [1.54, 1.807) is 24.5 Å². The second-order valence-corrected chi connectivity index (χ2v) is 7.12. The maximum Gasteiger partial charge on any atom is 0.126 e. The third-order valence-electron chi connectivity index (χ3n) is 4.63. The molecular weight excluding hydrogens is 321 g/mol. The van der Waals surface area contributed by atoms with Gasteiger partial charge in [-0.1, -0.05) is 36.4 Å². The molecule has 3 aromatic rings. The summed E-state index contributed by atoms with van der Waals surface area (Å²) in [6.45, 7) is 0. The van der Waals surface area contributed by atoms with Crippen LogP contribution in [0.3, 0.4) is 0 Å². The molecule has 0 aliphatic heterocycles. The molecule has 1 aliphatic rings. The zero-order valence-electron chi connectivity index (χ0n) is 13.5. The van der Waals surface area contributed by atoms with E-state index in [9.17, 15) is 4.39 Å². The largest absolute Gasteiger partial charge is 0.374 e. The maximum absolute atomic E-state index is 13.8. The van der Waals surface area contributed by atoms with Crippen LogP contribution in [-0.2, 0) is 16.8 Å². The molecule has 2 aromatic carbocycles. The van der Waals surface area contributed by atoms with E-state index in [0.29, 0.717) is 12.0 Å². The normalized spacial score (nSPS) is 15.4. The average molecular weight is 339 g/mol. The molecule has 4 heteroatoms. The highest BCUT2D eigenvalue weighted by Gasteiger charge is 2.44. The fourth-order valence-corrected chi connectivity index (χ4v) is 3.84. The summed E-state index contributed by atoms with van der Waals surface area (Å²) in [7, 11) is 1.77. The quantitative estimate of drug-likeness (QED) is 0.639. The van der Waals surface area contributed by atoms with Crippen LogP contribution in [0.1, 0.15) is 29.0 Å². The molecule has 2 nitrogen and oxygen atoms in total. The lowest BCUT2D eigenvalue weighted by Crippen LogP contribution is -2.08. The lowest BCUT2D eigenvalue weighted by molar-refractivity contribution is 0.0789. The van der Waals surface area contributed by atoms with Crippen molar-refractivity contribution >= 4 is 11.3 Å². The Hall–Kier alpha value is -2.04. The molecule has 122 valence electrons. The molecule has 4 rings (SSSR count). The van der Waals surface area contributed by atoms with Gasteiger partial charge in [0.25, 0.3) is 0 Å². The van der Waals surface area contributed by atoms with Crippen molar-refractivity contribution in [2.45, 2.75) is 24.9 Å². The van der Waals surface area contributed by atoms with Crippen molar-refractivity contribution in [2.75, 3.05) is 7.11 Å². The molecule has 0 bridgehead atoms. The molecule has 0 atom stereocenters. The highest BCUT2D eigenvalue weighted by atomic mass is 32.1. The summed E-state index contributed by atoms with van der Waals surface area (Å²) in [6.07, 6.45) is 2.67. The van der Waals surface area contributed by atoms with Gasteiger partial charge in [-0.25, -0.2) is 9.37 Å². The van der Waals surface area contributed by atoms with E-state index < -0.39 is 0 Å². The summed E-state index contributed by atoms with van der Waals surface area (Å²) in [5.74, 6) is -0.174. The molecule has 1 saturated carbocycles. The number of hydrogen-bond acceptors (Lipinski definition) is 3. The van der Waals surface area contributed by atoms with Gasteiger partial charge in [-0.15, -0.1) is 11.3 Å². The van der Waals surface area contributed by atoms with Crippen molar-refractivity contribution in [1.82, 2.24) is 4.98 Å². The van der Waals surface area contributed by atoms with Crippen LogP contribution in [0.2, 0.25) is 0 Å². The van der Waals surface area contributed by atoms with Gasteiger partial charge in [0.15, 0.2) is 0 Å². The standard InChI is InChI=1S/C20H18FNOS/c1-23-20(9-10-20)16-7-4-6-15(11-16)18-13-24-19(22-18)12-14-5-2-3-8-17(14)21/h2-8,11,13H,9-10,12H2,1H3. The maximum atomic E-state index is 13.8. The first-order valence-electron chi connectivity index (χ1n) is 8.04. The van der Waals surface area contributed by atoms with Gasteiger partial charge in [0.2, 0.25) is 0 Å². The Morgan fingerprint density at radius 2 is 2.00 bits per heavy atom. The van der Waals surface area contributed by atoms with Crippen LogP contribution in [-0.4, -0.2) is 12.1 Å². The Morgan fingerprint density at radius 3 is 2.75 bits per heavy atom. The highest BCUT2D eigenvalue weighted by molar-refractivity contribution is 7.10. The number of halogens is 1. The van der Waals surface area contributed by atoms with Crippen LogP contribution in [0.4, 0.5) is 4.39 Å². The number of benzene rings is 2. The van der Waals surface area contributed by atoms with Crippen LogP contribution in [0.15, 0.2) is 53.9 Å². The van der Waals surface area contributed by atoms with Gasteiger partial charge in [-0.3, -0.25) is 0 Å². The first kappa shape index (κ1) is 15.5. The Kier molecular flexibility index (Phi) is 3.94. The van der Waals surface area contributed by atoms with Crippen molar-refractivity contribution in [3.63, 3.8) is 0 Å². The number of aromatic nitrogens is 1. The number of thiazole rings is 1. The summed E-state index contributed by atoms with van der Waals surface area (Å²) in [5, 5.41) is 2.97. The zero-order valence-corrected chi connectivity index (χ0v) is 14.3. The number of rotatable bonds is 5. The zero-order chi connectivity index (χ0) is 16.6. The summed E-state index contributed by atoms with van der Waals surface area (Å²) in [6, 6.07) is 15.3. The molecule has 24 heavy (non-hydrogen) atoms. The topological polar surface area (TPSA) is 22.1 Å².